The predicted octanol–water partition coefficient (Wildman–Crippen LogP) is 3.40. The van der Waals surface area contributed by atoms with E-state index in [1.165, 1.54) is 108 Å². The third-order valence-electron chi connectivity index (χ3n) is 6.13. The molecule has 0 saturated carbocycles. The predicted molar refractivity (Wildman–Crippen MR) is 122 cm³/mol. The molecule has 0 bridgehead atoms. The molecule has 4 heteroatoms. The molecule has 1 atom stereocenters. The number of rotatable bonds is 20. The SMILES string of the molecule is CCCCCC[N+](CCCCCC)(CCCCCC)C(CC)[SiH2]OCC.[Cl-]. The Morgan fingerprint density at radius 1 is 0.630 bits per heavy atom. The summed E-state index contributed by atoms with van der Waals surface area (Å²) in [5.74, 6) is 0. The van der Waals surface area contributed by atoms with Crippen molar-refractivity contribution in [1.29, 1.82) is 0 Å². The van der Waals surface area contributed by atoms with E-state index in [2.05, 4.69) is 34.6 Å². The summed E-state index contributed by atoms with van der Waals surface area (Å²) in [7, 11) is -0.425. The molecule has 0 fully saturated rings. The highest BCUT2D eigenvalue weighted by molar-refractivity contribution is 6.28. The lowest BCUT2D eigenvalue weighted by molar-refractivity contribution is -0.941. The topological polar surface area (TPSA) is 9.23 Å². The molecule has 27 heavy (non-hydrogen) atoms. The van der Waals surface area contributed by atoms with Crippen LogP contribution in [0.4, 0.5) is 0 Å². The first-order valence-electron chi connectivity index (χ1n) is 12.1. The highest BCUT2D eigenvalue weighted by Crippen LogP contribution is 2.23. The van der Waals surface area contributed by atoms with Gasteiger partial charge in [0.15, 0.2) is 0 Å². The van der Waals surface area contributed by atoms with Crippen LogP contribution in [0, 0.1) is 0 Å². The fourth-order valence-corrected chi connectivity index (χ4v) is 5.97. The van der Waals surface area contributed by atoms with Crippen LogP contribution in [0.15, 0.2) is 0 Å². The van der Waals surface area contributed by atoms with Crippen molar-refractivity contribution in [2.75, 3.05) is 26.2 Å². The van der Waals surface area contributed by atoms with Crippen LogP contribution in [0.5, 0.6) is 0 Å². The molecular weight excluding hydrogens is 370 g/mol. The van der Waals surface area contributed by atoms with Crippen molar-refractivity contribution in [3.8, 4) is 0 Å². The standard InChI is InChI=1S/C23H52NOSi.ClH/c1-6-11-14-17-20-24(21-18-15-12-7-2,22-19-16-13-8-3)23(9-4)26-25-10-5;/h23H,6-22,26H2,1-5H3;1H/q+1;/p-1. The first-order valence-corrected chi connectivity index (χ1v) is 13.5. The largest absolute Gasteiger partial charge is 1.00 e. The van der Waals surface area contributed by atoms with Gasteiger partial charge in [-0.2, -0.15) is 0 Å². The molecule has 0 aliphatic heterocycles. The van der Waals surface area contributed by atoms with Gasteiger partial charge in [-0.1, -0.05) is 66.2 Å². The average molecular weight is 422 g/mol. The van der Waals surface area contributed by atoms with Crippen LogP contribution in [0.3, 0.4) is 0 Å². The van der Waals surface area contributed by atoms with Gasteiger partial charge in [0.05, 0.1) is 25.3 Å². The second-order valence-electron chi connectivity index (χ2n) is 8.29. The van der Waals surface area contributed by atoms with Gasteiger partial charge in [-0.25, -0.2) is 0 Å². The summed E-state index contributed by atoms with van der Waals surface area (Å²) in [6.45, 7) is 16.7. The number of hydrogen-bond donors (Lipinski definition) is 0. The molecular formula is C23H52ClNOSi. The van der Waals surface area contributed by atoms with E-state index in [-0.39, 0.29) is 12.4 Å². The van der Waals surface area contributed by atoms with Crippen molar-refractivity contribution in [3.63, 3.8) is 0 Å². The average Bonchev–Trinajstić information content (AvgIpc) is 2.66. The Morgan fingerprint density at radius 2 is 1.04 bits per heavy atom. The normalized spacial score (nSPS) is 13.2. The second kappa shape index (κ2) is 21.1. The highest BCUT2D eigenvalue weighted by Gasteiger charge is 2.35. The minimum atomic E-state index is -0.425. The Labute approximate surface area is 181 Å². The highest BCUT2D eigenvalue weighted by atomic mass is 35.5. The van der Waals surface area contributed by atoms with E-state index in [1.807, 2.05) is 0 Å². The van der Waals surface area contributed by atoms with Crippen LogP contribution in [0.1, 0.15) is 118 Å². The van der Waals surface area contributed by atoms with Gasteiger partial charge >= 0.3 is 0 Å². The molecule has 166 valence electrons. The third-order valence-corrected chi connectivity index (χ3v) is 8.51. The molecule has 0 heterocycles. The maximum absolute atomic E-state index is 6.10. The van der Waals surface area contributed by atoms with Crippen molar-refractivity contribution in [3.05, 3.63) is 0 Å². The fraction of sp³-hybridized carbons (Fsp3) is 1.00. The molecule has 0 aliphatic carbocycles. The Bertz CT molecular complexity index is 260. The van der Waals surface area contributed by atoms with E-state index in [0.717, 1.165) is 12.3 Å². The fourth-order valence-electron chi connectivity index (χ4n) is 4.36. The van der Waals surface area contributed by atoms with Crippen LogP contribution < -0.4 is 12.4 Å². The van der Waals surface area contributed by atoms with Crippen LogP contribution in [0.25, 0.3) is 0 Å². The molecule has 0 aromatic carbocycles. The van der Waals surface area contributed by atoms with E-state index < -0.39 is 9.76 Å². The molecule has 0 aliphatic rings. The number of hydrogen-bond acceptors (Lipinski definition) is 1. The molecule has 0 rings (SSSR count). The summed E-state index contributed by atoms with van der Waals surface area (Å²) < 4.78 is 7.50. The van der Waals surface area contributed by atoms with Gasteiger partial charge in [0, 0.05) is 6.61 Å². The number of quaternary nitrogens is 1. The van der Waals surface area contributed by atoms with Gasteiger partial charge < -0.3 is 21.3 Å². The molecule has 0 spiro atoms. The smallest absolute Gasteiger partial charge is 0.225 e. The Hall–Kier alpha value is 0.427. The number of halogens is 1. The van der Waals surface area contributed by atoms with Crippen LogP contribution in [0.2, 0.25) is 0 Å². The van der Waals surface area contributed by atoms with Crippen LogP contribution in [-0.4, -0.2) is 46.2 Å². The van der Waals surface area contributed by atoms with E-state index in [1.54, 1.807) is 0 Å². The Balaban J connectivity index is 0. The van der Waals surface area contributed by atoms with Gasteiger partial charge in [0.1, 0.15) is 0 Å². The minimum Gasteiger partial charge on any atom is -1.00 e. The van der Waals surface area contributed by atoms with Gasteiger partial charge in [0.2, 0.25) is 9.76 Å². The summed E-state index contributed by atoms with van der Waals surface area (Å²) in [6.07, 6.45) is 18.1. The lowest BCUT2D eigenvalue weighted by Gasteiger charge is -2.45. The summed E-state index contributed by atoms with van der Waals surface area (Å²) in [6, 6.07) is 0. The maximum Gasteiger partial charge on any atom is 0.225 e. The summed E-state index contributed by atoms with van der Waals surface area (Å²) >= 11 is 0. The molecule has 0 aromatic rings. The van der Waals surface area contributed by atoms with Crippen molar-refractivity contribution < 1.29 is 21.3 Å². The lowest BCUT2D eigenvalue weighted by Crippen LogP contribution is -3.00. The summed E-state index contributed by atoms with van der Waals surface area (Å²) in [5.41, 5.74) is 0.833. The quantitative estimate of drug-likeness (QED) is 0.166. The van der Waals surface area contributed by atoms with Crippen LogP contribution >= 0.6 is 0 Å². The van der Waals surface area contributed by atoms with Crippen molar-refractivity contribution in [2.24, 2.45) is 0 Å². The second-order valence-corrected chi connectivity index (χ2v) is 9.98. The summed E-state index contributed by atoms with van der Waals surface area (Å²) in [4.78, 5) is 0. The van der Waals surface area contributed by atoms with Crippen LogP contribution in [-0.2, 0) is 4.43 Å². The molecule has 0 saturated heterocycles. The zero-order chi connectivity index (χ0) is 19.5. The molecule has 0 aromatic heterocycles. The Morgan fingerprint density at radius 3 is 1.33 bits per heavy atom. The zero-order valence-corrected chi connectivity index (χ0v) is 21.7. The molecule has 0 N–H and O–H groups in total. The van der Waals surface area contributed by atoms with Gasteiger partial charge in [0.25, 0.3) is 0 Å². The van der Waals surface area contributed by atoms with Gasteiger partial charge in [-0.3, -0.25) is 0 Å². The molecule has 0 amide bonds. The van der Waals surface area contributed by atoms with Gasteiger partial charge in [-0.15, -0.1) is 0 Å². The van der Waals surface area contributed by atoms with E-state index in [0.29, 0.717) is 0 Å². The van der Waals surface area contributed by atoms with E-state index in [4.69, 9.17) is 4.43 Å². The van der Waals surface area contributed by atoms with E-state index in [9.17, 15) is 0 Å². The summed E-state index contributed by atoms with van der Waals surface area (Å²) in [5, 5.41) is 0. The monoisotopic (exact) mass is 421 g/mol. The van der Waals surface area contributed by atoms with Gasteiger partial charge in [-0.05, 0) is 51.9 Å². The molecule has 2 nitrogen and oxygen atoms in total. The Kier molecular flexibility index (Phi) is 23.2. The van der Waals surface area contributed by atoms with Crippen molar-refractivity contribution in [1.82, 2.24) is 0 Å². The third kappa shape index (κ3) is 14.1. The minimum absolute atomic E-state index is 0. The van der Waals surface area contributed by atoms with Crippen molar-refractivity contribution in [2.45, 2.75) is 124 Å². The van der Waals surface area contributed by atoms with E-state index >= 15 is 0 Å². The zero-order valence-electron chi connectivity index (χ0n) is 19.5. The van der Waals surface area contributed by atoms with Crippen molar-refractivity contribution >= 4 is 9.76 Å². The maximum atomic E-state index is 6.10. The lowest BCUT2D eigenvalue weighted by atomic mass is 10.1. The molecule has 1 unspecified atom stereocenters. The molecule has 0 radical (unpaired) electrons. The number of nitrogens with zero attached hydrogens (tertiary/aromatic N) is 1. The first-order chi connectivity index (χ1) is 12.7. The number of unbranched alkanes of at least 4 members (excludes halogenated alkanes) is 9. The first kappa shape index (κ1) is 29.6.